The average molecular weight is 405 g/mol. The highest BCUT2D eigenvalue weighted by Gasteiger charge is 2.13. The van der Waals surface area contributed by atoms with Gasteiger partial charge >= 0.3 is 0 Å². The molecule has 0 saturated heterocycles. The van der Waals surface area contributed by atoms with Gasteiger partial charge in [0.05, 0.1) is 11.3 Å². The van der Waals surface area contributed by atoms with Gasteiger partial charge in [0.1, 0.15) is 5.75 Å². The number of amides is 2. The van der Waals surface area contributed by atoms with E-state index in [9.17, 15) is 9.59 Å². The van der Waals surface area contributed by atoms with E-state index >= 15 is 0 Å². The minimum atomic E-state index is -0.321. The Morgan fingerprint density at radius 2 is 1.76 bits per heavy atom. The van der Waals surface area contributed by atoms with Crippen molar-refractivity contribution in [2.75, 3.05) is 18.5 Å². The Hall–Kier alpha value is -2.34. The third-order valence-electron chi connectivity index (χ3n) is 3.56. The van der Waals surface area contributed by atoms with Crippen LogP contribution in [-0.2, 0) is 4.79 Å². The third-order valence-corrected chi connectivity index (χ3v) is 4.01. The summed E-state index contributed by atoms with van der Waals surface area (Å²) in [5.74, 6) is 0.146. The Bertz CT molecular complexity index is 767. The molecular formula is C19H21BrN2O3. The van der Waals surface area contributed by atoms with Crippen LogP contribution in [-0.4, -0.2) is 25.0 Å². The molecular weight excluding hydrogens is 384 g/mol. The fourth-order valence-corrected chi connectivity index (χ4v) is 3.18. The van der Waals surface area contributed by atoms with Crippen molar-refractivity contribution >= 4 is 33.4 Å². The van der Waals surface area contributed by atoms with Gasteiger partial charge in [-0.05, 0) is 56.2 Å². The summed E-state index contributed by atoms with van der Waals surface area (Å²) in [5.41, 5.74) is 2.78. The summed E-state index contributed by atoms with van der Waals surface area (Å²) in [4.78, 5) is 24.3. The molecule has 0 bridgehead atoms. The molecule has 0 aliphatic carbocycles. The van der Waals surface area contributed by atoms with Crippen LogP contribution in [0.5, 0.6) is 5.75 Å². The zero-order valence-electron chi connectivity index (χ0n) is 14.5. The zero-order valence-corrected chi connectivity index (χ0v) is 16.1. The molecule has 0 unspecified atom stereocenters. The van der Waals surface area contributed by atoms with E-state index in [1.807, 2.05) is 32.9 Å². The number of halogens is 1. The van der Waals surface area contributed by atoms with Crippen LogP contribution in [0.2, 0.25) is 0 Å². The first-order valence-electron chi connectivity index (χ1n) is 7.99. The van der Waals surface area contributed by atoms with Crippen LogP contribution in [0.4, 0.5) is 5.69 Å². The number of ether oxygens (including phenoxy) is 1. The van der Waals surface area contributed by atoms with E-state index in [1.54, 1.807) is 24.3 Å². The Kier molecular flexibility index (Phi) is 6.58. The Labute approximate surface area is 155 Å². The van der Waals surface area contributed by atoms with Crippen LogP contribution in [0.15, 0.2) is 40.9 Å². The van der Waals surface area contributed by atoms with Crippen LogP contribution in [0.1, 0.15) is 28.4 Å². The van der Waals surface area contributed by atoms with Gasteiger partial charge in [-0.2, -0.15) is 0 Å². The molecule has 6 heteroatoms. The number of aryl methyl sites for hydroxylation is 2. The van der Waals surface area contributed by atoms with Gasteiger partial charge < -0.3 is 15.4 Å². The van der Waals surface area contributed by atoms with Crippen LogP contribution >= 0.6 is 15.9 Å². The number of para-hydroxylation sites is 1. The molecule has 0 aliphatic heterocycles. The second-order valence-electron chi connectivity index (χ2n) is 5.61. The maximum atomic E-state index is 12.2. The molecule has 25 heavy (non-hydrogen) atoms. The summed E-state index contributed by atoms with van der Waals surface area (Å²) in [5, 5.41) is 5.46. The van der Waals surface area contributed by atoms with Crippen molar-refractivity contribution in [1.82, 2.24) is 5.32 Å². The van der Waals surface area contributed by atoms with E-state index in [1.165, 1.54) is 0 Å². The highest BCUT2D eigenvalue weighted by molar-refractivity contribution is 9.10. The van der Waals surface area contributed by atoms with Crippen molar-refractivity contribution in [1.29, 1.82) is 0 Å². The summed E-state index contributed by atoms with van der Waals surface area (Å²) in [6.45, 7) is 6.08. The Morgan fingerprint density at radius 3 is 2.40 bits per heavy atom. The predicted molar refractivity (Wildman–Crippen MR) is 102 cm³/mol. The average Bonchev–Trinajstić information content (AvgIpc) is 2.54. The lowest BCUT2D eigenvalue weighted by Gasteiger charge is -2.14. The summed E-state index contributed by atoms with van der Waals surface area (Å²) < 4.78 is 6.64. The number of rotatable bonds is 6. The molecule has 0 aromatic heterocycles. The molecule has 0 heterocycles. The van der Waals surface area contributed by atoms with Crippen molar-refractivity contribution in [3.63, 3.8) is 0 Å². The fraction of sp³-hybridized carbons (Fsp3) is 0.263. The van der Waals surface area contributed by atoms with Crippen molar-refractivity contribution in [2.45, 2.75) is 20.8 Å². The summed E-state index contributed by atoms with van der Waals surface area (Å²) in [7, 11) is 0. The van der Waals surface area contributed by atoms with Gasteiger partial charge in [0.2, 0.25) is 0 Å². The third kappa shape index (κ3) is 5.06. The number of carbonyl (C=O) groups excluding carboxylic acids is 2. The number of carbonyl (C=O) groups is 2. The lowest BCUT2D eigenvalue weighted by atomic mass is 10.1. The second-order valence-corrected chi connectivity index (χ2v) is 6.53. The first kappa shape index (κ1) is 19.0. The quantitative estimate of drug-likeness (QED) is 0.768. The zero-order chi connectivity index (χ0) is 18.4. The molecule has 2 aromatic carbocycles. The molecule has 2 aromatic rings. The van der Waals surface area contributed by atoms with Gasteiger partial charge in [0, 0.05) is 11.0 Å². The largest absolute Gasteiger partial charge is 0.483 e. The van der Waals surface area contributed by atoms with E-state index in [2.05, 4.69) is 26.6 Å². The molecule has 132 valence electrons. The van der Waals surface area contributed by atoms with Crippen LogP contribution in [0.3, 0.4) is 0 Å². The molecule has 0 atom stereocenters. The van der Waals surface area contributed by atoms with Gasteiger partial charge in [-0.1, -0.05) is 28.1 Å². The van der Waals surface area contributed by atoms with Crippen LogP contribution in [0.25, 0.3) is 0 Å². The van der Waals surface area contributed by atoms with Gasteiger partial charge in [-0.25, -0.2) is 0 Å². The monoisotopic (exact) mass is 404 g/mol. The van der Waals surface area contributed by atoms with Crippen molar-refractivity contribution < 1.29 is 14.3 Å². The Morgan fingerprint density at radius 1 is 1.12 bits per heavy atom. The maximum absolute atomic E-state index is 12.2. The fourth-order valence-electron chi connectivity index (χ4n) is 2.50. The van der Waals surface area contributed by atoms with Gasteiger partial charge in [0.25, 0.3) is 11.8 Å². The summed E-state index contributed by atoms with van der Waals surface area (Å²) in [6.07, 6.45) is 0. The normalized spacial score (nSPS) is 10.2. The second kappa shape index (κ2) is 8.67. The minimum Gasteiger partial charge on any atom is -0.483 e. The molecule has 0 aliphatic rings. The molecule has 0 saturated carbocycles. The number of nitrogens with one attached hydrogen (secondary N) is 2. The minimum absolute atomic E-state index is 0.132. The summed E-state index contributed by atoms with van der Waals surface area (Å²) in [6, 6.07) is 10.8. The Balaban J connectivity index is 2.06. The summed E-state index contributed by atoms with van der Waals surface area (Å²) >= 11 is 3.43. The number of benzene rings is 2. The number of hydrogen-bond donors (Lipinski definition) is 2. The molecule has 2 amide bonds. The first-order chi connectivity index (χ1) is 11.9. The lowest BCUT2D eigenvalue weighted by Crippen LogP contribution is -2.26. The topological polar surface area (TPSA) is 67.4 Å². The number of anilines is 1. The maximum Gasteiger partial charge on any atom is 0.262 e. The van der Waals surface area contributed by atoms with Gasteiger partial charge in [-0.15, -0.1) is 0 Å². The molecule has 5 nitrogen and oxygen atoms in total. The lowest BCUT2D eigenvalue weighted by molar-refractivity contribution is -0.118. The van der Waals surface area contributed by atoms with E-state index in [4.69, 9.17) is 4.74 Å². The van der Waals surface area contributed by atoms with E-state index in [0.29, 0.717) is 23.5 Å². The molecule has 2 rings (SSSR count). The van der Waals surface area contributed by atoms with Crippen LogP contribution < -0.4 is 15.4 Å². The number of hydrogen-bond acceptors (Lipinski definition) is 3. The van der Waals surface area contributed by atoms with Gasteiger partial charge in [-0.3, -0.25) is 9.59 Å². The standard InChI is InChI=1S/C19H21BrN2O3/c1-4-21-19(24)15-7-5-6-8-16(15)22-17(23)11-25-18-12(2)9-14(20)10-13(18)3/h5-10H,4,11H2,1-3H3,(H,21,24)(H,22,23). The van der Waals surface area contributed by atoms with Crippen molar-refractivity contribution in [2.24, 2.45) is 0 Å². The van der Waals surface area contributed by atoms with E-state index in [-0.39, 0.29) is 18.4 Å². The van der Waals surface area contributed by atoms with E-state index < -0.39 is 0 Å². The predicted octanol–water partition coefficient (Wildman–Crippen LogP) is 3.83. The van der Waals surface area contributed by atoms with Crippen molar-refractivity contribution in [3.05, 3.63) is 57.6 Å². The smallest absolute Gasteiger partial charge is 0.262 e. The highest BCUT2D eigenvalue weighted by atomic mass is 79.9. The molecule has 2 N–H and O–H groups in total. The van der Waals surface area contributed by atoms with Crippen molar-refractivity contribution in [3.8, 4) is 5.75 Å². The molecule has 0 fully saturated rings. The molecule has 0 spiro atoms. The van der Waals surface area contributed by atoms with E-state index in [0.717, 1.165) is 15.6 Å². The van der Waals surface area contributed by atoms with Crippen LogP contribution in [0, 0.1) is 13.8 Å². The molecule has 0 radical (unpaired) electrons. The van der Waals surface area contributed by atoms with Gasteiger partial charge in [0.15, 0.2) is 6.61 Å². The highest BCUT2D eigenvalue weighted by Crippen LogP contribution is 2.27. The first-order valence-corrected chi connectivity index (χ1v) is 8.78. The SMILES string of the molecule is CCNC(=O)c1ccccc1NC(=O)COc1c(C)cc(Br)cc1C.